The highest BCUT2D eigenvalue weighted by Crippen LogP contribution is 2.30. The minimum atomic E-state index is -0.326. The number of anilines is 3. The molecule has 0 aliphatic heterocycles. The van der Waals surface area contributed by atoms with E-state index in [1.807, 2.05) is 12.1 Å². The summed E-state index contributed by atoms with van der Waals surface area (Å²) in [4.78, 5) is 16.2. The van der Waals surface area contributed by atoms with Gasteiger partial charge in [-0.25, -0.2) is 4.98 Å². The van der Waals surface area contributed by atoms with Gasteiger partial charge in [-0.15, -0.1) is 0 Å². The van der Waals surface area contributed by atoms with Crippen LogP contribution in [-0.4, -0.2) is 25.1 Å². The Bertz CT molecular complexity index is 845. The lowest BCUT2D eigenvalue weighted by molar-refractivity contribution is 0.0996. The maximum atomic E-state index is 11.9. The van der Waals surface area contributed by atoms with Crippen molar-refractivity contribution >= 4 is 23.1 Å². The number of amides is 1. The third-order valence-corrected chi connectivity index (χ3v) is 3.42. The molecule has 0 atom stereocenters. The van der Waals surface area contributed by atoms with Crippen molar-refractivity contribution in [2.24, 2.45) is 0 Å². The molecule has 3 rings (SSSR count). The van der Waals surface area contributed by atoms with Crippen LogP contribution in [0.1, 0.15) is 10.6 Å². The molecule has 128 valence electrons. The van der Waals surface area contributed by atoms with Crippen LogP contribution in [0.25, 0.3) is 0 Å². The molecule has 1 aromatic carbocycles. The molecule has 0 bridgehead atoms. The third-order valence-electron chi connectivity index (χ3n) is 3.42. The van der Waals surface area contributed by atoms with Crippen LogP contribution in [0.5, 0.6) is 11.5 Å². The van der Waals surface area contributed by atoms with Gasteiger partial charge in [0.05, 0.1) is 32.4 Å². The third kappa shape index (κ3) is 3.89. The lowest BCUT2D eigenvalue weighted by Crippen LogP contribution is -2.11. The van der Waals surface area contributed by atoms with E-state index in [0.717, 1.165) is 5.69 Å². The Kier molecular flexibility index (Phi) is 4.84. The van der Waals surface area contributed by atoms with Crippen LogP contribution >= 0.6 is 0 Å². The number of hydrogen-bond acceptors (Lipinski definition) is 6. The average molecular weight is 339 g/mol. The fraction of sp³-hybridized carbons (Fsp3) is 0.111. The van der Waals surface area contributed by atoms with E-state index in [9.17, 15) is 4.79 Å². The van der Waals surface area contributed by atoms with Gasteiger partial charge in [-0.2, -0.15) is 0 Å². The van der Waals surface area contributed by atoms with Crippen LogP contribution in [0, 0.1) is 0 Å². The zero-order chi connectivity index (χ0) is 17.6. The van der Waals surface area contributed by atoms with E-state index in [4.69, 9.17) is 13.9 Å². The summed E-state index contributed by atoms with van der Waals surface area (Å²) in [6, 6.07) is 12.2. The quantitative estimate of drug-likeness (QED) is 0.712. The largest absolute Gasteiger partial charge is 0.493 e. The first kappa shape index (κ1) is 16.4. The van der Waals surface area contributed by atoms with Crippen molar-refractivity contribution in [3.63, 3.8) is 0 Å². The number of nitrogens with zero attached hydrogens (tertiary/aromatic N) is 1. The van der Waals surface area contributed by atoms with E-state index < -0.39 is 0 Å². The van der Waals surface area contributed by atoms with Crippen molar-refractivity contribution in [3.8, 4) is 11.5 Å². The Labute approximate surface area is 144 Å². The molecular weight excluding hydrogens is 322 g/mol. The van der Waals surface area contributed by atoms with Crippen molar-refractivity contribution in [2.45, 2.75) is 0 Å². The number of furan rings is 1. The molecule has 0 aliphatic rings. The number of pyridine rings is 1. The summed E-state index contributed by atoms with van der Waals surface area (Å²) >= 11 is 0. The van der Waals surface area contributed by atoms with E-state index in [1.54, 1.807) is 50.7 Å². The lowest BCUT2D eigenvalue weighted by Gasteiger charge is -2.11. The Balaban J connectivity index is 1.67. The van der Waals surface area contributed by atoms with Gasteiger partial charge >= 0.3 is 0 Å². The molecule has 2 aromatic heterocycles. The summed E-state index contributed by atoms with van der Waals surface area (Å²) in [5, 5.41) is 5.87. The first-order chi connectivity index (χ1) is 12.2. The predicted molar refractivity (Wildman–Crippen MR) is 93.7 cm³/mol. The van der Waals surface area contributed by atoms with Crippen LogP contribution in [0.3, 0.4) is 0 Å². The first-order valence-electron chi connectivity index (χ1n) is 7.49. The molecule has 3 aromatic rings. The first-order valence-corrected chi connectivity index (χ1v) is 7.49. The Morgan fingerprint density at radius 3 is 2.48 bits per heavy atom. The Hall–Kier alpha value is -3.48. The van der Waals surface area contributed by atoms with Gasteiger partial charge in [-0.1, -0.05) is 0 Å². The van der Waals surface area contributed by atoms with Gasteiger partial charge in [-0.05, 0) is 36.4 Å². The molecule has 0 unspecified atom stereocenters. The minimum Gasteiger partial charge on any atom is -0.493 e. The number of ether oxygens (including phenoxy) is 2. The van der Waals surface area contributed by atoms with E-state index in [2.05, 4.69) is 15.6 Å². The predicted octanol–water partition coefficient (Wildman–Crippen LogP) is 3.69. The van der Waals surface area contributed by atoms with E-state index in [-0.39, 0.29) is 11.7 Å². The van der Waals surface area contributed by atoms with Crippen LogP contribution in [0.2, 0.25) is 0 Å². The monoisotopic (exact) mass is 339 g/mol. The van der Waals surface area contributed by atoms with Crippen molar-refractivity contribution in [2.75, 3.05) is 24.9 Å². The van der Waals surface area contributed by atoms with Gasteiger partial charge in [-0.3, -0.25) is 4.79 Å². The summed E-state index contributed by atoms with van der Waals surface area (Å²) in [6.07, 6.45) is 3.01. The topological polar surface area (TPSA) is 85.6 Å². The molecule has 2 heterocycles. The highest BCUT2D eigenvalue weighted by molar-refractivity contribution is 6.02. The smallest absolute Gasteiger partial charge is 0.291 e. The summed E-state index contributed by atoms with van der Waals surface area (Å²) < 4.78 is 15.5. The number of carbonyl (C=O) groups is 1. The molecule has 25 heavy (non-hydrogen) atoms. The fourth-order valence-electron chi connectivity index (χ4n) is 2.20. The summed E-state index contributed by atoms with van der Waals surface area (Å²) in [5.74, 6) is 1.81. The minimum absolute atomic E-state index is 0.243. The molecule has 0 radical (unpaired) electrons. The molecule has 0 saturated carbocycles. The second kappa shape index (κ2) is 7.39. The molecule has 2 N–H and O–H groups in total. The van der Waals surface area contributed by atoms with Gasteiger partial charge in [0, 0.05) is 11.8 Å². The number of rotatable bonds is 6. The van der Waals surface area contributed by atoms with Crippen LogP contribution < -0.4 is 20.1 Å². The summed E-state index contributed by atoms with van der Waals surface area (Å²) in [6.45, 7) is 0. The van der Waals surface area contributed by atoms with Crippen LogP contribution in [0.15, 0.2) is 59.3 Å². The molecule has 0 spiro atoms. The van der Waals surface area contributed by atoms with Crippen LogP contribution in [-0.2, 0) is 0 Å². The fourth-order valence-corrected chi connectivity index (χ4v) is 2.20. The van der Waals surface area contributed by atoms with Gasteiger partial charge in [0.1, 0.15) is 5.82 Å². The number of benzene rings is 1. The molecule has 7 nitrogen and oxygen atoms in total. The number of methoxy groups -OCH3 is 2. The molecule has 0 aliphatic carbocycles. The van der Waals surface area contributed by atoms with Gasteiger partial charge in [0.15, 0.2) is 17.3 Å². The summed E-state index contributed by atoms with van der Waals surface area (Å²) in [7, 11) is 3.17. The highest BCUT2D eigenvalue weighted by atomic mass is 16.5. The standard InChI is InChI=1S/C18H17N3O4/c1-23-14-7-5-12(10-16(14)24-2)20-17-8-6-13(11-19-17)21-18(22)15-4-3-9-25-15/h3-11H,1-2H3,(H,19,20)(H,21,22). The van der Waals surface area contributed by atoms with Gasteiger partial charge < -0.3 is 24.5 Å². The zero-order valence-corrected chi connectivity index (χ0v) is 13.8. The van der Waals surface area contributed by atoms with Crippen molar-refractivity contribution in [1.29, 1.82) is 0 Å². The number of aromatic nitrogens is 1. The highest BCUT2D eigenvalue weighted by Gasteiger charge is 2.09. The second-order valence-electron chi connectivity index (χ2n) is 5.06. The van der Waals surface area contributed by atoms with E-state index >= 15 is 0 Å². The maximum Gasteiger partial charge on any atom is 0.291 e. The van der Waals surface area contributed by atoms with Crippen molar-refractivity contribution in [1.82, 2.24) is 4.98 Å². The molecular formula is C18H17N3O4. The average Bonchev–Trinajstić information content (AvgIpc) is 3.18. The molecule has 0 saturated heterocycles. The molecule has 7 heteroatoms. The molecule has 1 amide bonds. The number of nitrogens with one attached hydrogen (secondary N) is 2. The summed E-state index contributed by atoms with van der Waals surface area (Å²) in [5.41, 5.74) is 1.37. The second-order valence-corrected chi connectivity index (χ2v) is 5.06. The van der Waals surface area contributed by atoms with E-state index in [1.165, 1.54) is 6.26 Å². The van der Waals surface area contributed by atoms with Crippen molar-refractivity contribution in [3.05, 3.63) is 60.7 Å². The van der Waals surface area contributed by atoms with Crippen molar-refractivity contribution < 1.29 is 18.7 Å². The van der Waals surface area contributed by atoms with Gasteiger partial charge in [0.2, 0.25) is 0 Å². The number of carbonyl (C=O) groups excluding carboxylic acids is 1. The normalized spacial score (nSPS) is 10.2. The van der Waals surface area contributed by atoms with E-state index in [0.29, 0.717) is 23.0 Å². The maximum absolute atomic E-state index is 11.9. The van der Waals surface area contributed by atoms with Crippen LogP contribution in [0.4, 0.5) is 17.2 Å². The SMILES string of the molecule is COc1ccc(Nc2ccc(NC(=O)c3ccco3)cn2)cc1OC. The Morgan fingerprint density at radius 1 is 1.04 bits per heavy atom. The molecule has 0 fully saturated rings. The lowest BCUT2D eigenvalue weighted by atomic mass is 10.2. The zero-order valence-electron chi connectivity index (χ0n) is 13.8. The Morgan fingerprint density at radius 2 is 1.84 bits per heavy atom. The van der Waals surface area contributed by atoms with Gasteiger partial charge in [0.25, 0.3) is 5.91 Å². The number of hydrogen-bond donors (Lipinski definition) is 2.